The first-order valence-electron chi connectivity index (χ1n) is 5.92. The van der Waals surface area contributed by atoms with Crippen LogP contribution in [0.3, 0.4) is 0 Å². The Morgan fingerprint density at radius 1 is 1.25 bits per heavy atom. The predicted octanol–water partition coefficient (Wildman–Crippen LogP) is 1.84. The standard InChI is InChI=1S/C12H16F3NO3S/c1-2-19-10(7-16)8-20(17,18)11-5-3-9(4-6-11)12(13,14)15/h3-6,10H,2,7-8,16H2,1H3. The normalized spacial score (nSPS) is 14.2. The quantitative estimate of drug-likeness (QED) is 0.870. The van der Waals surface area contributed by atoms with Crippen molar-refractivity contribution in [2.45, 2.75) is 24.1 Å². The number of hydrogen-bond acceptors (Lipinski definition) is 4. The number of hydrogen-bond donors (Lipinski definition) is 1. The second-order valence-corrected chi connectivity index (χ2v) is 6.15. The van der Waals surface area contributed by atoms with Crippen LogP contribution >= 0.6 is 0 Å². The van der Waals surface area contributed by atoms with Crippen LogP contribution in [0.1, 0.15) is 12.5 Å². The fourth-order valence-electron chi connectivity index (χ4n) is 1.61. The largest absolute Gasteiger partial charge is 0.416 e. The number of nitrogens with two attached hydrogens (primary N) is 1. The molecule has 0 amide bonds. The first-order valence-corrected chi connectivity index (χ1v) is 7.57. The van der Waals surface area contributed by atoms with Gasteiger partial charge in [-0.3, -0.25) is 0 Å². The fourth-order valence-corrected chi connectivity index (χ4v) is 3.08. The van der Waals surface area contributed by atoms with Gasteiger partial charge in [0.25, 0.3) is 0 Å². The molecule has 0 saturated carbocycles. The molecule has 1 aromatic carbocycles. The molecular weight excluding hydrogens is 295 g/mol. The molecule has 2 N–H and O–H groups in total. The van der Waals surface area contributed by atoms with Crippen LogP contribution in [0.25, 0.3) is 0 Å². The van der Waals surface area contributed by atoms with Crippen molar-refractivity contribution in [2.75, 3.05) is 18.9 Å². The molecule has 0 radical (unpaired) electrons. The monoisotopic (exact) mass is 311 g/mol. The SMILES string of the molecule is CCOC(CN)CS(=O)(=O)c1ccc(C(F)(F)F)cc1. The third kappa shape index (κ3) is 4.46. The van der Waals surface area contributed by atoms with Crippen molar-refractivity contribution in [3.8, 4) is 0 Å². The van der Waals surface area contributed by atoms with Crippen molar-refractivity contribution >= 4 is 9.84 Å². The summed E-state index contributed by atoms with van der Waals surface area (Å²) in [6.07, 6.45) is -5.17. The van der Waals surface area contributed by atoms with E-state index in [-0.39, 0.29) is 17.2 Å². The van der Waals surface area contributed by atoms with E-state index in [9.17, 15) is 21.6 Å². The minimum Gasteiger partial charge on any atom is -0.376 e. The smallest absolute Gasteiger partial charge is 0.376 e. The van der Waals surface area contributed by atoms with E-state index in [1.54, 1.807) is 6.92 Å². The van der Waals surface area contributed by atoms with Gasteiger partial charge in [0, 0.05) is 13.2 Å². The Kier molecular flexibility index (Phi) is 5.55. The fraction of sp³-hybridized carbons (Fsp3) is 0.500. The highest BCUT2D eigenvalue weighted by Crippen LogP contribution is 2.29. The zero-order valence-electron chi connectivity index (χ0n) is 10.9. The lowest BCUT2D eigenvalue weighted by atomic mass is 10.2. The number of benzene rings is 1. The van der Waals surface area contributed by atoms with E-state index in [0.717, 1.165) is 24.3 Å². The molecule has 0 aliphatic heterocycles. The lowest BCUT2D eigenvalue weighted by molar-refractivity contribution is -0.137. The number of halogens is 3. The minimum atomic E-state index is -4.49. The second-order valence-electron chi connectivity index (χ2n) is 4.12. The van der Waals surface area contributed by atoms with Crippen LogP contribution in [0.15, 0.2) is 29.2 Å². The third-order valence-corrected chi connectivity index (χ3v) is 4.41. The van der Waals surface area contributed by atoms with Crippen molar-refractivity contribution in [3.63, 3.8) is 0 Å². The molecule has 0 saturated heterocycles. The van der Waals surface area contributed by atoms with E-state index in [2.05, 4.69) is 0 Å². The van der Waals surface area contributed by atoms with Gasteiger partial charge in [0.1, 0.15) is 0 Å². The predicted molar refractivity (Wildman–Crippen MR) is 68.0 cm³/mol. The lowest BCUT2D eigenvalue weighted by Crippen LogP contribution is -2.31. The van der Waals surface area contributed by atoms with Gasteiger partial charge in [0.2, 0.25) is 0 Å². The van der Waals surface area contributed by atoms with Gasteiger partial charge in [0.15, 0.2) is 9.84 Å². The summed E-state index contributed by atoms with van der Waals surface area (Å²) in [6.45, 7) is 2.03. The van der Waals surface area contributed by atoms with Gasteiger partial charge in [-0.25, -0.2) is 8.42 Å². The zero-order valence-corrected chi connectivity index (χ0v) is 11.7. The third-order valence-electron chi connectivity index (χ3n) is 2.61. The number of sulfone groups is 1. The average molecular weight is 311 g/mol. The van der Waals surface area contributed by atoms with E-state index in [1.807, 2.05) is 0 Å². The van der Waals surface area contributed by atoms with Gasteiger partial charge in [0.05, 0.1) is 22.3 Å². The molecule has 1 atom stereocenters. The summed E-state index contributed by atoms with van der Waals surface area (Å²) in [4.78, 5) is -0.177. The maximum absolute atomic E-state index is 12.4. The van der Waals surface area contributed by atoms with E-state index in [1.165, 1.54) is 0 Å². The highest BCUT2D eigenvalue weighted by atomic mass is 32.2. The molecule has 4 nitrogen and oxygen atoms in total. The van der Waals surface area contributed by atoms with Gasteiger partial charge in [-0.15, -0.1) is 0 Å². The summed E-state index contributed by atoms with van der Waals surface area (Å²) in [7, 11) is -3.73. The summed E-state index contributed by atoms with van der Waals surface area (Å²) >= 11 is 0. The molecule has 0 heterocycles. The van der Waals surface area contributed by atoms with Crippen molar-refractivity contribution in [1.82, 2.24) is 0 Å². The van der Waals surface area contributed by atoms with Crippen molar-refractivity contribution < 1.29 is 26.3 Å². The van der Waals surface area contributed by atoms with Gasteiger partial charge in [-0.1, -0.05) is 0 Å². The molecular formula is C12H16F3NO3S. The highest BCUT2D eigenvalue weighted by Gasteiger charge is 2.31. The molecule has 1 rings (SSSR count). The Balaban J connectivity index is 2.93. The Morgan fingerprint density at radius 2 is 1.80 bits per heavy atom. The van der Waals surface area contributed by atoms with Crippen LogP contribution in [-0.4, -0.2) is 33.4 Å². The molecule has 0 aliphatic rings. The van der Waals surface area contributed by atoms with Gasteiger partial charge < -0.3 is 10.5 Å². The van der Waals surface area contributed by atoms with Gasteiger partial charge in [-0.05, 0) is 31.2 Å². The van der Waals surface area contributed by atoms with Crippen LogP contribution in [0.2, 0.25) is 0 Å². The molecule has 8 heteroatoms. The van der Waals surface area contributed by atoms with E-state index < -0.39 is 27.7 Å². The lowest BCUT2D eigenvalue weighted by Gasteiger charge is -2.15. The molecule has 20 heavy (non-hydrogen) atoms. The second kappa shape index (κ2) is 6.55. The first kappa shape index (κ1) is 16.9. The topological polar surface area (TPSA) is 69.4 Å². The number of alkyl halides is 3. The Hall–Kier alpha value is -1.12. The Bertz CT molecular complexity index is 526. The zero-order chi connectivity index (χ0) is 15.4. The van der Waals surface area contributed by atoms with Crippen LogP contribution in [0, 0.1) is 0 Å². The summed E-state index contributed by atoms with van der Waals surface area (Å²) < 4.78 is 66.4. The van der Waals surface area contributed by atoms with Crippen LogP contribution in [0.5, 0.6) is 0 Å². The molecule has 0 bridgehead atoms. The Labute approximate surface area is 115 Å². The molecule has 0 aromatic heterocycles. The van der Waals surface area contributed by atoms with Crippen molar-refractivity contribution in [2.24, 2.45) is 5.73 Å². The maximum atomic E-state index is 12.4. The van der Waals surface area contributed by atoms with Crippen molar-refractivity contribution in [3.05, 3.63) is 29.8 Å². The molecule has 1 aromatic rings. The van der Waals surface area contributed by atoms with Crippen LogP contribution in [0.4, 0.5) is 13.2 Å². The molecule has 0 fully saturated rings. The average Bonchev–Trinajstić information content (AvgIpc) is 2.37. The van der Waals surface area contributed by atoms with Gasteiger partial charge in [-0.2, -0.15) is 13.2 Å². The summed E-state index contributed by atoms with van der Waals surface area (Å²) in [5, 5.41) is 0. The molecule has 114 valence electrons. The first-order chi connectivity index (χ1) is 9.20. The van der Waals surface area contributed by atoms with E-state index in [0.29, 0.717) is 6.61 Å². The number of ether oxygens (including phenoxy) is 1. The highest BCUT2D eigenvalue weighted by molar-refractivity contribution is 7.91. The Morgan fingerprint density at radius 3 is 2.20 bits per heavy atom. The number of rotatable bonds is 6. The van der Waals surface area contributed by atoms with Crippen LogP contribution in [-0.2, 0) is 20.8 Å². The van der Waals surface area contributed by atoms with E-state index in [4.69, 9.17) is 10.5 Å². The summed E-state index contributed by atoms with van der Waals surface area (Å²) in [5.74, 6) is -0.358. The van der Waals surface area contributed by atoms with Crippen molar-refractivity contribution in [1.29, 1.82) is 0 Å². The van der Waals surface area contributed by atoms with Crippen LogP contribution < -0.4 is 5.73 Å². The maximum Gasteiger partial charge on any atom is 0.416 e. The molecule has 0 aliphatic carbocycles. The summed E-state index contributed by atoms with van der Waals surface area (Å²) in [6, 6.07) is 3.37. The van der Waals surface area contributed by atoms with Gasteiger partial charge >= 0.3 is 6.18 Å². The molecule has 1 unspecified atom stereocenters. The molecule has 0 spiro atoms. The van der Waals surface area contributed by atoms with E-state index >= 15 is 0 Å². The minimum absolute atomic E-state index is 0.0215. The summed E-state index contributed by atoms with van der Waals surface area (Å²) in [5.41, 5.74) is 4.50.